The number of hydrogen-bond acceptors (Lipinski definition) is 3. The molecule has 3 nitrogen and oxygen atoms in total. The van der Waals surface area contributed by atoms with E-state index in [1.807, 2.05) is 0 Å². The molecular formula is C16H10BrCl2F3N2O. The van der Waals surface area contributed by atoms with E-state index in [0.29, 0.717) is 5.69 Å². The molecule has 0 radical (unpaired) electrons. The fourth-order valence-corrected chi connectivity index (χ4v) is 3.27. The van der Waals surface area contributed by atoms with Crippen molar-refractivity contribution < 1.29 is 18.0 Å². The first-order valence-corrected chi connectivity index (χ1v) is 8.58. The number of halogens is 6. The number of aryl methyl sites for hydroxylation is 1. The van der Waals surface area contributed by atoms with Gasteiger partial charge in [0.25, 0.3) is 5.60 Å². The second kappa shape index (κ2) is 6.45. The summed E-state index contributed by atoms with van der Waals surface area (Å²) < 4.78 is 42.4. The Kier molecular flexibility index (Phi) is 4.77. The normalized spacial score (nSPS) is 20.4. The molecule has 0 spiro atoms. The Balaban J connectivity index is 2.04. The summed E-state index contributed by atoms with van der Waals surface area (Å²) in [5.74, 6) is 0. The molecule has 1 atom stereocenters. The largest absolute Gasteiger partial charge is 0.435 e. The standard InChI is InChI=1S/C16H10BrCl2F3N2O/c1-8-2-13(23-7-12(8)17)14-6-15(25-24-14,16(20,21)22)9-3-10(18)5-11(19)4-9/h2-5,7H,6H2,1H3. The van der Waals surface area contributed by atoms with Gasteiger partial charge in [0.05, 0.1) is 12.1 Å². The van der Waals surface area contributed by atoms with Crippen LogP contribution in [-0.2, 0) is 10.4 Å². The average molecular weight is 454 g/mol. The third-order valence-electron chi connectivity index (χ3n) is 3.86. The fourth-order valence-electron chi connectivity index (χ4n) is 2.53. The minimum absolute atomic E-state index is 0.0841. The smallest absolute Gasteiger partial charge is 0.374 e. The van der Waals surface area contributed by atoms with E-state index in [2.05, 4.69) is 26.1 Å². The first-order chi connectivity index (χ1) is 11.6. The molecular weight excluding hydrogens is 444 g/mol. The summed E-state index contributed by atoms with van der Waals surface area (Å²) in [6.45, 7) is 1.80. The molecule has 1 aliphatic heterocycles. The Morgan fingerprint density at radius 2 is 1.80 bits per heavy atom. The minimum Gasteiger partial charge on any atom is -0.374 e. The van der Waals surface area contributed by atoms with Crippen molar-refractivity contribution in [1.29, 1.82) is 0 Å². The average Bonchev–Trinajstić information content (AvgIpc) is 2.95. The highest BCUT2D eigenvalue weighted by atomic mass is 79.9. The first-order valence-electron chi connectivity index (χ1n) is 7.03. The molecule has 25 heavy (non-hydrogen) atoms. The fraction of sp³-hybridized carbons (Fsp3) is 0.250. The van der Waals surface area contributed by atoms with Crippen LogP contribution in [-0.4, -0.2) is 16.9 Å². The molecule has 0 fully saturated rings. The van der Waals surface area contributed by atoms with Crippen LogP contribution in [0.2, 0.25) is 10.0 Å². The molecule has 1 unspecified atom stereocenters. The summed E-state index contributed by atoms with van der Waals surface area (Å²) in [6.07, 6.45) is -3.74. The van der Waals surface area contributed by atoms with Gasteiger partial charge in [-0.2, -0.15) is 13.2 Å². The topological polar surface area (TPSA) is 34.5 Å². The molecule has 2 heterocycles. The molecule has 0 N–H and O–H groups in total. The Morgan fingerprint density at radius 3 is 2.36 bits per heavy atom. The van der Waals surface area contributed by atoms with Crippen molar-refractivity contribution in [3.63, 3.8) is 0 Å². The van der Waals surface area contributed by atoms with Crippen LogP contribution >= 0.6 is 39.1 Å². The van der Waals surface area contributed by atoms with Gasteiger partial charge in [-0.05, 0) is 52.7 Å². The summed E-state index contributed by atoms with van der Waals surface area (Å²) in [5.41, 5.74) is -1.61. The molecule has 1 aromatic carbocycles. The van der Waals surface area contributed by atoms with Crippen molar-refractivity contribution in [3.8, 4) is 0 Å². The van der Waals surface area contributed by atoms with Crippen LogP contribution in [0.25, 0.3) is 0 Å². The van der Waals surface area contributed by atoms with E-state index in [1.165, 1.54) is 24.4 Å². The molecule has 3 rings (SSSR count). The molecule has 0 amide bonds. The quantitative estimate of drug-likeness (QED) is 0.555. The van der Waals surface area contributed by atoms with Gasteiger partial charge in [0.2, 0.25) is 0 Å². The number of benzene rings is 1. The van der Waals surface area contributed by atoms with Crippen LogP contribution in [0.1, 0.15) is 23.2 Å². The van der Waals surface area contributed by atoms with Crippen molar-refractivity contribution in [3.05, 3.63) is 61.8 Å². The monoisotopic (exact) mass is 452 g/mol. The molecule has 1 aliphatic rings. The summed E-state index contributed by atoms with van der Waals surface area (Å²) in [4.78, 5) is 9.05. The summed E-state index contributed by atoms with van der Waals surface area (Å²) in [7, 11) is 0. The number of pyridine rings is 1. The van der Waals surface area contributed by atoms with Crippen LogP contribution in [0.5, 0.6) is 0 Å². The third-order valence-corrected chi connectivity index (χ3v) is 5.12. The lowest BCUT2D eigenvalue weighted by Gasteiger charge is -2.29. The van der Waals surface area contributed by atoms with Gasteiger partial charge in [0.15, 0.2) is 0 Å². The van der Waals surface area contributed by atoms with Crippen molar-refractivity contribution in [2.45, 2.75) is 25.1 Å². The van der Waals surface area contributed by atoms with E-state index >= 15 is 0 Å². The predicted octanol–water partition coefficient (Wildman–Crippen LogP) is 6.04. The summed E-state index contributed by atoms with van der Waals surface area (Å²) >= 11 is 15.0. The molecule has 0 aliphatic carbocycles. The second-order valence-electron chi connectivity index (χ2n) is 5.61. The Labute approximate surface area is 159 Å². The maximum absolute atomic E-state index is 13.9. The third kappa shape index (κ3) is 3.37. The SMILES string of the molecule is Cc1cc(C2=NOC(c3cc(Cl)cc(Cl)c3)(C(F)(F)F)C2)ncc1Br. The molecule has 0 bridgehead atoms. The van der Waals surface area contributed by atoms with Crippen LogP contribution in [0.15, 0.2) is 40.1 Å². The highest BCUT2D eigenvalue weighted by molar-refractivity contribution is 9.10. The lowest BCUT2D eigenvalue weighted by atomic mass is 9.87. The van der Waals surface area contributed by atoms with Gasteiger partial charge in [-0.15, -0.1) is 0 Å². The number of hydrogen-bond donors (Lipinski definition) is 0. The Morgan fingerprint density at radius 1 is 1.16 bits per heavy atom. The van der Waals surface area contributed by atoms with Gasteiger partial charge in [0, 0.05) is 26.3 Å². The van der Waals surface area contributed by atoms with Gasteiger partial charge in [-0.25, -0.2) is 0 Å². The van der Waals surface area contributed by atoms with Crippen LogP contribution in [0.3, 0.4) is 0 Å². The highest BCUT2D eigenvalue weighted by Gasteiger charge is 2.62. The van der Waals surface area contributed by atoms with E-state index in [4.69, 9.17) is 28.0 Å². The first kappa shape index (κ1) is 18.5. The van der Waals surface area contributed by atoms with Gasteiger partial charge in [-0.1, -0.05) is 28.4 Å². The number of rotatable bonds is 2. The van der Waals surface area contributed by atoms with E-state index in [9.17, 15) is 13.2 Å². The maximum Gasteiger partial charge on any atom is 0.435 e. The van der Waals surface area contributed by atoms with E-state index < -0.39 is 18.2 Å². The molecule has 2 aromatic rings. The molecule has 132 valence electrons. The zero-order valence-corrected chi connectivity index (χ0v) is 15.8. The van der Waals surface area contributed by atoms with Gasteiger partial charge >= 0.3 is 6.18 Å². The number of alkyl halides is 3. The Bertz CT molecular complexity index is 853. The minimum atomic E-state index is -4.73. The molecule has 0 saturated heterocycles. The molecule has 0 saturated carbocycles. The van der Waals surface area contributed by atoms with Crippen molar-refractivity contribution in [2.75, 3.05) is 0 Å². The van der Waals surface area contributed by atoms with Gasteiger partial charge < -0.3 is 4.84 Å². The predicted molar refractivity (Wildman–Crippen MR) is 93.1 cm³/mol. The summed E-state index contributed by atoms with van der Waals surface area (Å²) in [6, 6.07) is 5.36. The summed E-state index contributed by atoms with van der Waals surface area (Å²) in [5, 5.41) is 3.83. The number of oxime groups is 1. The van der Waals surface area contributed by atoms with E-state index in [-0.39, 0.29) is 21.3 Å². The maximum atomic E-state index is 13.9. The van der Waals surface area contributed by atoms with Gasteiger partial charge in [0.1, 0.15) is 5.71 Å². The van der Waals surface area contributed by atoms with E-state index in [1.54, 1.807) is 13.0 Å². The van der Waals surface area contributed by atoms with Crippen molar-refractivity contribution >= 4 is 44.8 Å². The highest BCUT2D eigenvalue weighted by Crippen LogP contribution is 2.49. The number of aromatic nitrogens is 1. The Hall–Kier alpha value is -1.31. The lowest BCUT2D eigenvalue weighted by Crippen LogP contribution is -2.42. The van der Waals surface area contributed by atoms with Crippen molar-refractivity contribution in [2.24, 2.45) is 5.16 Å². The number of nitrogens with zero attached hydrogens (tertiary/aromatic N) is 2. The van der Waals surface area contributed by atoms with Gasteiger partial charge in [-0.3, -0.25) is 4.98 Å². The molecule has 1 aromatic heterocycles. The zero-order valence-electron chi connectivity index (χ0n) is 12.7. The lowest BCUT2D eigenvalue weighted by molar-refractivity contribution is -0.275. The van der Waals surface area contributed by atoms with E-state index in [0.717, 1.165) is 10.0 Å². The molecule has 9 heteroatoms. The second-order valence-corrected chi connectivity index (χ2v) is 7.33. The van der Waals surface area contributed by atoms with Crippen LogP contribution in [0.4, 0.5) is 13.2 Å². The van der Waals surface area contributed by atoms with Crippen LogP contribution in [0, 0.1) is 6.92 Å². The van der Waals surface area contributed by atoms with Crippen LogP contribution < -0.4 is 0 Å². The zero-order chi connectivity index (χ0) is 18.4. The van der Waals surface area contributed by atoms with Crippen molar-refractivity contribution in [1.82, 2.24) is 4.98 Å².